The molecule has 2 fully saturated rings. The second kappa shape index (κ2) is 3.58. The average Bonchev–Trinajstić information content (AvgIpc) is 2.54. The van der Waals surface area contributed by atoms with E-state index < -0.39 is 0 Å². The molecule has 0 atom stereocenters. The Kier molecular flexibility index (Phi) is 2.61. The quantitative estimate of drug-likeness (QED) is 0.720. The molecule has 0 saturated heterocycles. The van der Waals surface area contributed by atoms with Crippen LogP contribution in [0.15, 0.2) is 0 Å². The molecule has 13 heavy (non-hydrogen) atoms. The Bertz CT molecular complexity index is 163. The molecule has 0 bridgehead atoms. The molecule has 0 aromatic heterocycles. The summed E-state index contributed by atoms with van der Waals surface area (Å²) in [6, 6.07) is 0.837. The fraction of sp³-hybridized carbons (Fsp3) is 1.00. The molecule has 2 rings (SSSR count). The summed E-state index contributed by atoms with van der Waals surface area (Å²) < 4.78 is 0. The van der Waals surface area contributed by atoms with Crippen molar-refractivity contribution in [3.05, 3.63) is 0 Å². The second-order valence-electron chi connectivity index (χ2n) is 4.83. The van der Waals surface area contributed by atoms with E-state index in [0.29, 0.717) is 5.54 Å². The highest BCUT2D eigenvalue weighted by atomic mass is 15.2. The molecule has 2 heteroatoms. The van der Waals surface area contributed by atoms with Crippen molar-refractivity contribution in [2.24, 2.45) is 5.73 Å². The van der Waals surface area contributed by atoms with Crippen molar-refractivity contribution in [3.8, 4) is 0 Å². The Morgan fingerprint density at radius 3 is 2.23 bits per heavy atom. The predicted molar refractivity (Wildman–Crippen MR) is 55.7 cm³/mol. The Morgan fingerprint density at radius 1 is 1.23 bits per heavy atom. The molecule has 0 radical (unpaired) electrons. The molecule has 0 aromatic rings. The van der Waals surface area contributed by atoms with Gasteiger partial charge in [0.2, 0.25) is 0 Å². The Hall–Kier alpha value is -0.0800. The monoisotopic (exact) mass is 182 g/mol. The minimum Gasteiger partial charge on any atom is -0.329 e. The fourth-order valence-electron chi connectivity index (χ4n) is 2.96. The van der Waals surface area contributed by atoms with Crippen molar-refractivity contribution >= 4 is 0 Å². The van der Waals surface area contributed by atoms with Crippen LogP contribution in [-0.4, -0.2) is 30.1 Å². The van der Waals surface area contributed by atoms with Crippen molar-refractivity contribution < 1.29 is 0 Å². The van der Waals surface area contributed by atoms with E-state index in [2.05, 4.69) is 11.9 Å². The minimum absolute atomic E-state index is 0.398. The fourth-order valence-corrected chi connectivity index (χ4v) is 2.96. The van der Waals surface area contributed by atoms with Crippen LogP contribution in [0.4, 0.5) is 0 Å². The van der Waals surface area contributed by atoms with Crippen molar-refractivity contribution in [1.82, 2.24) is 4.90 Å². The van der Waals surface area contributed by atoms with E-state index in [1.165, 1.54) is 44.9 Å². The molecule has 2 saturated carbocycles. The van der Waals surface area contributed by atoms with Crippen molar-refractivity contribution in [1.29, 1.82) is 0 Å². The maximum absolute atomic E-state index is 5.90. The van der Waals surface area contributed by atoms with E-state index in [1.807, 2.05) is 0 Å². The van der Waals surface area contributed by atoms with Gasteiger partial charge in [-0.05, 0) is 39.2 Å². The van der Waals surface area contributed by atoms with Gasteiger partial charge in [0.05, 0.1) is 0 Å². The van der Waals surface area contributed by atoms with E-state index >= 15 is 0 Å². The van der Waals surface area contributed by atoms with Gasteiger partial charge in [0.15, 0.2) is 0 Å². The van der Waals surface area contributed by atoms with Gasteiger partial charge in [-0.25, -0.2) is 0 Å². The second-order valence-corrected chi connectivity index (χ2v) is 4.83. The Morgan fingerprint density at radius 2 is 1.85 bits per heavy atom. The lowest BCUT2D eigenvalue weighted by Gasteiger charge is -2.50. The summed E-state index contributed by atoms with van der Waals surface area (Å²) in [5.41, 5.74) is 6.29. The molecule has 0 aromatic carbocycles. The zero-order chi connectivity index (χ0) is 9.31. The number of hydrogen-bond donors (Lipinski definition) is 1. The number of nitrogens with two attached hydrogens (primary N) is 1. The number of hydrogen-bond acceptors (Lipinski definition) is 2. The highest BCUT2D eigenvalue weighted by molar-refractivity contribution is 5.00. The molecule has 0 aliphatic heterocycles. The van der Waals surface area contributed by atoms with Crippen molar-refractivity contribution in [2.75, 3.05) is 13.6 Å². The lowest BCUT2D eigenvalue weighted by molar-refractivity contribution is 0.0135. The summed E-state index contributed by atoms with van der Waals surface area (Å²) in [4.78, 5) is 2.60. The third-order valence-corrected chi connectivity index (χ3v) is 4.28. The van der Waals surface area contributed by atoms with Gasteiger partial charge in [0.25, 0.3) is 0 Å². The molecule has 0 unspecified atom stereocenters. The topological polar surface area (TPSA) is 29.3 Å². The third kappa shape index (κ3) is 1.50. The minimum atomic E-state index is 0.398. The first kappa shape index (κ1) is 9.47. The first-order chi connectivity index (χ1) is 6.28. The number of likely N-dealkylation sites (N-methyl/N-ethyl adjacent to an activating group) is 1. The van der Waals surface area contributed by atoms with Gasteiger partial charge >= 0.3 is 0 Å². The molecule has 2 aliphatic carbocycles. The van der Waals surface area contributed by atoms with Crippen LogP contribution in [0.5, 0.6) is 0 Å². The molecular weight excluding hydrogens is 160 g/mol. The molecule has 0 spiro atoms. The molecule has 0 amide bonds. The standard InChI is InChI=1S/C11H22N2/c1-13(10-5-2-3-6-10)11(9-12)7-4-8-11/h10H,2-9,12H2,1H3. The molecule has 76 valence electrons. The summed E-state index contributed by atoms with van der Waals surface area (Å²) in [5.74, 6) is 0. The predicted octanol–water partition coefficient (Wildman–Crippen LogP) is 1.74. The zero-order valence-electron chi connectivity index (χ0n) is 8.76. The van der Waals surface area contributed by atoms with Gasteiger partial charge in [-0.15, -0.1) is 0 Å². The summed E-state index contributed by atoms with van der Waals surface area (Å²) in [6.45, 7) is 0.861. The Balaban J connectivity index is 1.97. The van der Waals surface area contributed by atoms with Crippen LogP contribution in [0.2, 0.25) is 0 Å². The molecular formula is C11H22N2. The van der Waals surface area contributed by atoms with Crippen LogP contribution in [0.3, 0.4) is 0 Å². The van der Waals surface area contributed by atoms with Crippen LogP contribution < -0.4 is 5.73 Å². The SMILES string of the molecule is CN(C1CCCC1)C1(CN)CCC1. The van der Waals surface area contributed by atoms with Gasteiger partial charge < -0.3 is 5.73 Å². The number of nitrogens with zero attached hydrogens (tertiary/aromatic N) is 1. The van der Waals surface area contributed by atoms with E-state index in [0.717, 1.165) is 12.6 Å². The summed E-state index contributed by atoms with van der Waals surface area (Å²) in [5, 5.41) is 0. The smallest absolute Gasteiger partial charge is 0.0331 e. The van der Waals surface area contributed by atoms with Crippen LogP contribution in [0, 0.1) is 0 Å². The van der Waals surface area contributed by atoms with Crippen LogP contribution in [0.1, 0.15) is 44.9 Å². The van der Waals surface area contributed by atoms with Crippen molar-refractivity contribution in [3.63, 3.8) is 0 Å². The van der Waals surface area contributed by atoms with Gasteiger partial charge in [-0.2, -0.15) is 0 Å². The van der Waals surface area contributed by atoms with Gasteiger partial charge in [0, 0.05) is 18.1 Å². The highest BCUT2D eigenvalue weighted by Gasteiger charge is 2.42. The van der Waals surface area contributed by atoms with Crippen molar-refractivity contribution in [2.45, 2.75) is 56.5 Å². The molecule has 2 N–H and O–H groups in total. The first-order valence-corrected chi connectivity index (χ1v) is 5.71. The largest absolute Gasteiger partial charge is 0.329 e. The van der Waals surface area contributed by atoms with Gasteiger partial charge in [-0.3, -0.25) is 4.90 Å². The first-order valence-electron chi connectivity index (χ1n) is 5.71. The van der Waals surface area contributed by atoms with E-state index in [4.69, 9.17) is 5.73 Å². The van der Waals surface area contributed by atoms with E-state index in [9.17, 15) is 0 Å². The zero-order valence-corrected chi connectivity index (χ0v) is 8.76. The van der Waals surface area contributed by atoms with Gasteiger partial charge in [-0.1, -0.05) is 12.8 Å². The average molecular weight is 182 g/mol. The third-order valence-electron chi connectivity index (χ3n) is 4.28. The van der Waals surface area contributed by atoms with Crippen LogP contribution in [0.25, 0.3) is 0 Å². The molecule has 0 heterocycles. The molecule has 2 aliphatic rings. The van der Waals surface area contributed by atoms with Gasteiger partial charge in [0.1, 0.15) is 0 Å². The number of rotatable bonds is 3. The summed E-state index contributed by atoms with van der Waals surface area (Å²) in [6.07, 6.45) is 9.70. The summed E-state index contributed by atoms with van der Waals surface area (Å²) >= 11 is 0. The van der Waals surface area contributed by atoms with E-state index in [1.54, 1.807) is 0 Å². The maximum atomic E-state index is 5.90. The molecule has 2 nitrogen and oxygen atoms in total. The van der Waals surface area contributed by atoms with E-state index in [-0.39, 0.29) is 0 Å². The Labute approximate surface area is 81.5 Å². The summed E-state index contributed by atoms with van der Waals surface area (Å²) in [7, 11) is 2.29. The van der Waals surface area contributed by atoms with Crippen LogP contribution in [-0.2, 0) is 0 Å². The highest BCUT2D eigenvalue weighted by Crippen LogP contribution is 2.39. The normalized spacial score (nSPS) is 27.9. The lowest BCUT2D eigenvalue weighted by atomic mass is 9.75. The maximum Gasteiger partial charge on any atom is 0.0331 e. The van der Waals surface area contributed by atoms with Crippen LogP contribution >= 0.6 is 0 Å². The lowest BCUT2D eigenvalue weighted by Crippen LogP contribution is -2.59.